The molecule has 1 fully saturated rings. The molecule has 1 aliphatic heterocycles. The lowest BCUT2D eigenvalue weighted by molar-refractivity contribution is -0.136. The average molecular weight is 498 g/mol. The van der Waals surface area contributed by atoms with Crippen LogP contribution < -0.4 is 21.7 Å². The van der Waals surface area contributed by atoms with Gasteiger partial charge in [-0.1, -0.05) is 18.2 Å². The molecule has 1 unspecified atom stereocenters. The number of aliphatic hydroxyl groups excluding tert-OH is 1. The Morgan fingerprint density at radius 3 is 2.59 bits per heavy atom. The highest BCUT2D eigenvalue weighted by atomic mass is 32.1. The van der Waals surface area contributed by atoms with Crippen molar-refractivity contribution in [2.75, 3.05) is 30.3 Å². The van der Waals surface area contributed by atoms with Crippen LogP contribution in [0.15, 0.2) is 30.3 Å². The minimum Gasteiger partial charge on any atom is -0.397 e. The molecule has 1 aliphatic rings. The lowest BCUT2D eigenvalue weighted by Crippen LogP contribution is -2.44. The van der Waals surface area contributed by atoms with Gasteiger partial charge in [0, 0.05) is 36.6 Å². The van der Waals surface area contributed by atoms with Crippen molar-refractivity contribution in [3.8, 4) is 0 Å². The maximum Gasteiger partial charge on any atom is 0.417 e. The van der Waals surface area contributed by atoms with Crippen molar-refractivity contribution >= 4 is 39.0 Å². The molecule has 2 aromatic heterocycles. The summed E-state index contributed by atoms with van der Waals surface area (Å²) in [6, 6.07) is 6.94. The second-order valence-electron chi connectivity index (χ2n) is 8.12. The second kappa shape index (κ2) is 9.35. The van der Waals surface area contributed by atoms with Gasteiger partial charge in [-0.3, -0.25) is 4.79 Å². The molecule has 182 valence electrons. The summed E-state index contributed by atoms with van der Waals surface area (Å²) in [5.41, 5.74) is 9.99. The summed E-state index contributed by atoms with van der Waals surface area (Å²) in [6.07, 6.45) is -4.53. The molecule has 1 atom stereocenters. The van der Waals surface area contributed by atoms with Gasteiger partial charge >= 0.3 is 6.18 Å². The van der Waals surface area contributed by atoms with E-state index >= 15 is 0 Å². The number of anilines is 2. The molecule has 4 rings (SSSR count). The van der Waals surface area contributed by atoms with Crippen LogP contribution in [0.3, 0.4) is 0 Å². The minimum absolute atomic E-state index is 0.00216. The first-order valence-electron chi connectivity index (χ1n) is 10.6. The Morgan fingerprint density at radius 2 is 1.97 bits per heavy atom. The Bertz CT molecular complexity index is 1210. The third-order valence-corrected chi connectivity index (χ3v) is 7.01. The molecule has 34 heavy (non-hydrogen) atoms. The number of nitrogens with two attached hydrogens (primary N) is 2. The van der Waals surface area contributed by atoms with Crippen molar-refractivity contribution in [1.82, 2.24) is 10.3 Å². The van der Waals surface area contributed by atoms with Crippen LogP contribution >= 0.6 is 11.3 Å². The van der Waals surface area contributed by atoms with E-state index in [0.29, 0.717) is 25.9 Å². The standard InChI is InChI=1S/C22H23F4N5O2S/c23-14-4-2-1-3-12(14)15(32)10-29-11-5-7-31(8-6-11)16-9-13(22(24,25)26)17-18(27)19(20(28)33)34-21(17)30-16/h1-4,9,11,15,29,32H,5-8,10,27H2,(H2,28,33). The number of carbonyl (C=O) groups is 1. The number of fused-ring (bicyclic) bond motifs is 1. The van der Waals surface area contributed by atoms with E-state index in [1.807, 2.05) is 0 Å². The molecule has 0 aliphatic carbocycles. The number of nitrogens with one attached hydrogen (secondary N) is 1. The molecule has 1 amide bonds. The number of hydrogen-bond donors (Lipinski definition) is 4. The Morgan fingerprint density at radius 1 is 1.29 bits per heavy atom. The number of hydrogen-bond acceptors (Lipinski definition) is 7. The lowest BCUT2D eigenvalue weighted by Gasteiger charge is -2.34. The number of aliphatic hydroxyl groups is 1. The number of thiophene rings is 1. The number of carbonyl (C=O) groups excluding carboxylic acids is 1. The van der Waals surface area contributed by atoms with Crippen LogP contribution in [0.2, 0.25) is 0 Å². The largest absolute Gasteiger partial charge is 0.417 e. The van der Waals surface area contributed by atoms with Gasteiger partial charge < -0.3 is 26.8 Å². The Kier molecular flexibility index (Phi) is 6.65. The summed E-state index contributed by atoms with van der Waals surface area (Å²) in [6.45, 7) is 0.998. The number of amides is 1. The van der Waals surface area contributed by atoms with E-state index < -0.39 is 29.6 Å². The number of rotatable bonds is 6. The van der Waals surface area contributed by atoms with Crippen molar-refractivity contribution in [2.24, 2.45) is 5.73 Å². The van der Waals surface area contributed by atoms with Crippen molar-refractivity contribution < 1.29 is 27.5 Å². The number of aromatic nitrogens is 1. The summed E-state index contributed by atoms with van der Waals surface area (Å²) in [5, 5.41) is 13.1. The van der Waals surface area contributed by atoms with Crippen LogP contribution in [0, 0.1) is 5.82 Å². The van der Waals surface area contributed by atoms with Crippen LogP contribution in [0.1, 0.15) is 39.7 Å². The van der Waals surface area contributed by atoms with Crippen LogP contribution in [-0.2, 0) is 6.18 Å². The molecule has 7 nitrogen and oxygen atoms in total. The summed E-state index contributed by atoms with van der Waals surface area (Å²) >= 11 is 0.743. The topological polar surface area (TPSA) is 118 Å². The number of piperidine rings is 1. The number of alkyl halides is 3. The molecular weight excluding hydrogens is 474 g/mol. The van der Waals surface area contributed by atoms with Gasteiger partial charge in [-0.25, -0.2) is 9.37 Å². The molecule has 3 aromatic rings. The van der Waals surface area contributed by atoms with E-state index in [1.54, 1.807) is 17.0 Å². The van der Waals surface area contributed by atoms with Crippen LogP contribution in [-0.4, -0.2) is 41.7 Å². The normalized spacial score (nSPS) is 16.2. The zero-order chi connectivity index (χ0) is 24.6. The van der Waals surface area contributed by atoms with E-state index in [9.17, 15) is 27.5 Å². The molecule has 3 heterocycles. The van der Waals surface area contributed by atoms with E-state index in [0.717, 1.165) is 17.4 Å². The Balaban J connectivity index is 1.48. The van der Waals surface area contributed by atoms with Crippen LogP contribution in [0.25, 0.3) is 10.2 Å². The number of halogens is 4. The SMILES string of the molecule is NC(=O)c1sc2nc(N3CCC(NCC(O)c4ccccc4F)CC3)cc(C(F)(F)F)c2c1N. The van der Waals surface area contributed by atoms with Crippen molar-refractivity contribution in [2.45, 2.75) is 31.2 Å². The molecule has 1 aromatic carbocycles. The molecule has 0 bridgehead atoms. The fourth-order valence-corrected chi connectivity index (χ4v) is 5.09. The predicted octanol–water partition coefficient (Wildman–Crippen LogP) is 3.43. The van der Waals surface area contributed by atoms with Gasteiger partial charge in [0.15, 0.2) is 0 Å². The predicted molar refractivity (Wildman–Crippen MR) is 122 cm³/mol. The Hall–Kier alpha value is -2.96. The maximum atomic E-state index is 13.8. The third-order valence-electron chi connectivity index (χ3n) is 5.90. The lowest BCUT2D eigenvalue weighted by atomic mass is 10.0. The van der Waals surface area contributed by atoms with E-state index in [1.165, 1.54) is 12.1 Å². The smallest absolute Gasteiger partial charge is 0.397 e. The van der Waals surface area contributed by atoms with Crippen LogP contribution in [0.5, 0.6) is 0 Å². The molecule has 0 saturated carbocycles. The molecule has 6 N–H and O–H groups in total. The third kappa shape index (κ3) is 4.79. The molecule has 12 heteroatoms. The number of nitrogen functional groups attached to an aromatic ring is 1. The Labute approximate surface area is 196 Å². The monoisotopic (exact) mass is 497 g/mol. The highest BCUT2D eigenvalue weighted by Crippen LogP contribution is 2.43. The van der Waals surface area contributed by atoms with E-state index in [4.69, 9.17) is 11.5 Å². The fraction of sp³-hybridized carbons (Fsp3) is 0.364. The number of primary amides is 1. The molecular formula is C22H23F4N5O2S. The highest BCUT2D eigenvalue weighted by molar-refractivity contribution is 7.21. The maximum absolute atomic E-state index is 13.8. The fourth-order valence-electron chi connectivity index (χ4n) is 4.12. The van der Waals surface area contributed by atoms with E-state index in [2.05, 4.69) is 10.3 Å². The molecule has 1 saturated heterocycles. The van der Waals surface area contributed by atoms with Gasteiger partial charge in [0.05, 0.1) is 17.4 Å². The minimum atomic E-state index is -4.69. The van der Waals surface area contributed by atoms with Crippen molar-refractivity contribution in [1.29, 1.82) is 0 Å². The summed E-state index contributed by atoms with van der Waals surface area (Å²) in [7, 11) is 0. The number of nitrogens with zero attached hydrogens (tertiary/aromatic N) is 2. The highest BCUT2D eigenvalue weighted by Gasteiger charge is 2.37. The van der Waals surface area contributed by atoms with Gasteiger partial charge in [0.1, 0.15) is 21.3 Å². The number of benzene rings is 1. The van der Waals surface area contributed by atoms with E-state index in [-0.39, 0.29) is 44.7 Å². The zero-order valence-corrected chi connectivity index (χ0v) is 18.7. The van der Waals surface area contributed by atoms with Crippen LogP contribution in [0.4, 0.5) is 29.1 Å². The summed E-state index contributed by atoms with van der Waals surface area (Å²) < 4.78 is 55.2. The first kappa shape index (κ1) is 24.2. The average Bonchev–Trinajstić information content (AvgIpc) is 3.13. The quantitative estimate of drug-likeness (QED) is 0.388. The van der Waals surface area contributed by atoms with Gasteiger partial charge in [0.2, 0.25) is 0 Å². The second-order valence-corrected chi connectivity index (χ2v) is 9.12. The first-order chi connectivity index (χ1) is 16.1. The van der Waals surface area contributed by atoms with Gasteiger partial charge in [-0.2, -0.15) is 13.2 Å². The summed E-state index contributed by atoms with van der Waals surface area (Å²) in [4.78, 5) is 17.5. The molecule has 0 radical (unpaired) electrons. The zero-order valence-electron chi connectivity index (χ0n) is 17.9. The van der Waals surface area contributed by atoms with Crippen molar-refractivity contribution in [3.05, 3.63) is 52.2 Å². The molecule has 0 spiro atoms. The van der Waals surface area contributed by atoms with Crippen molar-refractivity contribution in [3.63, 3.8) is 0 Å². The number of pyridine rings is 1. The summed E-state index contributed by atoms with van der Waals surface area (Å²) in [5.74, 6) is -1.25. The van der Waals surface area contributed by atoms with Gasteiger partial charge in [-0.05, 0) is 25.0 Å². The van der Waals surface area contributed by atoms with Gasteiger partial charge in [-0.15, -0.1) is 11.3 Å². The van der Waals surface area contributed by atoms with Gasteiger partial charge in [0.25, 0.3) is 5.91 Å². The first-order valence-corrected chi connectivity index (χ1v) is 11.4.